The van der Waals surface area contributed by atoms with Crippen LogP contribution in [0.4, 0.5) is 10.6 Å². The van der Waals surface area contributed by atoms with Crippen molar-refractivity contribution in [1.29, 1.82) is 0 Å². The van der Waals surface area contributed by atoms with Gasteiger partial charge < -0.3 is 20.0 Å². The molecule has 1 N–H and O–H groups in total. The number of amides is 1. The molecule has 1 fully saturated rings. The summed E-state index contributed by atoms with van der Waals surface area (Å²) in [6.07, 6.45) is 1.11. The number of rotatable bonds is 4. The van der Waals surface area contributed by atoms with Crippen molar-refractivity contribution >= 4 is 56.1 Å². The lowest BCUT2D eigenvalue weighted by molar-refractivity contribution is 0.0231. The van der Waals surface area contributed by atoms with Crippen LogP contribution in [0.1, 0.15) is 39.6 Å². The summed E-state index contributed by atoms with van der Waals surface area (Å²) in [6, 6.07) is 4.80. The van der Waals surface area contributed by atoms with Crippen LogP contribution in [0.3, 0.4) is 0 Å². The molecular formula is C24H27ClN8O3S. The van der Waals surface area contributed by atoms with Crippen molar-refractivity contribution in [2.45, 2.75) is 39.3 Å². The first-order valence-corrected chi connectivity index (χ1v) is 13.1. The van der Waals surface area contributed by atoms with Crippen LogP contribution < -0.4 is 15.9 Å². The molecule has 1 unspecified atom stereocenters. The van der Waals surface area contributed by atoms with E-state index >= 15 is 0 Å². The Balaban J connectivity index is 1.50. The first-order chi connectivity index (χ1) is 17.6. The van der Waals surface area contributed by atoms with Gasteiger partial charge in [0.25, 0.3) is 5.56 Å². The molecule has 0 spiro atoms. The van der Waals surface area contributed by atoms with Crippen LogP contribution in [0.5, 0.6) is 0 Å². The molecular weight excluding hydrogens is 516 g/mol. The van der Waals surface area contributed by atoms with Gasteiger partial charge in [-0.05, 0) is 39.8 Å². The highest BCUT2D eigenvalue weighted by molar-refractivity contribution is 7.16. The second-order valence-corrected chi connectivity index (χ2v) is 11.0. The maximum atomic E-state index is 13.8. The van der Waals surface area contributed by atoms with E-state index in [0.717, 1.165) is 4.83 Å². The number of nitrogens with zero attached hydrogens (tertiary/aromatic N) is 7. The molecule has 0 bridgehead atoms. The monoisotopic (exact) mass is 542 g/mol. The molecule has 1 aliphatic rings. The van der Waals surface area contributed by atoms with Crippen molar-refractivity contribution in [3.05, 3.63) is 51.2 Å². The lowest BCUT2D eigenvalue weighted by atomic mass is 10.2. The summed E-state index contributed by atoms with van der Waals surface area (Å²) in [5.41, 5.74) is 2.02. The zero-order valence-electron chi connectivity index (χ0n) is 20.9. The number of anilines is 1. The van der Waals surface area contributed by atoms with Crippen molar-refractivity contribution in [2.75, 3.05) is 36.5 Å². The van der Waals surface area contributed by atoms with Crippen molar-refractivity contribution in [3.63, 3.8) is 0 Å². The van der Waals surface area contributed by atoms with Gasteiger partial charge in [0.1, 0.15) is 22.3 Å². The number of ether oxygens (including phenoxy) is 1. The molecule has 37 heavy (non-hydrogen) atoms. The molecule has 4 aromatic rings. The molecule has 1 amide bonds. The molecule has 0 radical (unpaired) electrons. The first kappa shape index (κ1) is 25.2. The maximum Gasteiger partial charge on any atom is 0.410 e. The van der Waals surface area contributed by atoms with Gasteiger partial charge >= 0.3 is 6.09 Å². The Bertz CT molecular complexity index is 1520. The average Bonchev–Trinajstić information content (AvgIpc) is 3.33. The maximum absolute atomic E-state index is 13.8. The van der Waals surface area contributed by atoms with E-state index in [9.17, 15) is 9.59 Å². The van der Waals surface area contributed by atoms with E-state index in [1.807, 2.05) is 32.7 Å². The number of halogens is 1. The number of carbonyl (C=O) groups excluding carboxylic acids is 1. The summed E-state index contributed by atoms with van der Waals surface area (Å²) in [6.45, 7) is 9.05. The van der Waals surface area contributed by atoms with Gasteiger partial charge in [-0.15, -0.1) is 11.3 Å². The van der Waals surface area contributed by atoms with Crippen LogP contribution in [0.25, 0.3) is 21.3 Å². The number of nitrogens with one attached hydrogen (secondary N) is 1. The van der Waals surface area contributed by atoms with Gasteiger partial charge in [0, 0.05) is 13.1 Å². The SMILES string of the molecule is CC(Nc1ncnc2scnc12)c1nc2cccc(Cl)c2c(=O)n1N1CCN(C(=O)OC(C)(C)C)CC1. The Morgan fingerprint density at radius 2 is 1.92 bits per heavy atom. The summed E-state index contributed by atoms with van der Waals surface area (Å²) in [7, 11) is 0. The van der Waals surface area contributed by atoms with E-state index in [1.165, 1.54) is 17.7 Å². The minimum Gasteiger partial charge on any atom is -0.444 e. The summed E-state index contributed by atoms with van der Waals surface area (Å²) in [5.74, 6) is 1.05. The molecule has 11 nitrogen and oxygen atoms in total. The number of benzene rings is 1. The fraction of sp³-hybridized carbons (Fsp3) is 0.417. The third-order valence-electron chi connectivity index (χ3n) is 5.92. The number of hydrogen-bond donors (Lipinski definition) is 1. The van der Waals surface area contributed by atoms with E-state index < -0.39 is 11.6 Å². The van der Waals surface area contributed by atoms with Crippen molar-refractivity contribution in [1.82, 2.24) is 29.5 Å². The summed E-state index contributed by atoms with van der Waals surface area (Å²) < 4.78 is 7.08. The molecule has 3 aromatic heterocycles. The second kappa shape index (κ2) is 9.75. The Morgan fingerprint density at radius 1 is 1.16 bits per heavy atom. The fourth-order valence-electron chi connectivity index (χ4n) is 4.23. The number of aromatic nitrogens is 5. The molecule has 0 saturated carbocycles. The largest absolute Gasteiger partial charge is 0.444 e. The van der Waals surface area contributed by atoms with E-state index in [-0.39, 0.29) is 11.7 Å². The van der Waals surface area contributed by atoms with Crippen LogP contribution in [0.15, 0.2) is 34.8 Å². The highest BCUT2D eigenvalue weighted by Gasteiger charge is 2.29. The van der Waals surface area contributed by atoms with Crippen molar-refractivity contribution < 1.29 is 9.53 Å². The highest BCUT2D eigenvalue weighted by Crippen LogP contribution is 2.26. The lowest BCUT2D eigenvalue weighted by Gasteiger charge is -2.38. The van der Waals surface area contributed by atoms with Crippen LogP contribution in [-0.2, 0) is 4.74 Å². The number of hydrogen-bond acceptors (Lipinski definition) is 10. The van der Waals surface area contributed by atoms with E-state index in [2.05, 4.69) is 20.3 Å². The number of thiazole rings is 1. The molecule has 1 saturated heterocycles. The van der Waals surface area contributed by atoms with Gasteiger partial charge in [0.05, 0.1) is 40.6 Å². The lowest BCUT2D eigenvalue weighted by Crippen LogP contribution is -2.57. The molecule has 1 atom stereocenters. The minimum atomic E-state index is -0.581. The molecule has 1 aliphatic heterocycles. The number of carbonyl (C=O) groups is 1. The quantitative estimate of drug-likeness (QED) is 0.410. The predicted molar refractivity (Wildman–Crippen MR) is 144 cm³/mol. The molecule has 194 valence electrons. The topological polar surface area (TPSA) is 118 Å². The zero-order chi connectivity index (χ0) is 26.3. The van der Waals surface area contributed by atoms with Crippen LogP contribution in [0.2, 0.25) is 5.02 Å². The minimum absolute atomic E-state index is 0.272. The second-order valence-electron chi connectivity index (χ2n) is 9.74. The third-order valence-corrected chi connectivity index (χ3v) is 6.96. The van der Waals surface area contributed by atoms with E-state index in [1.54, 1.807) is 33.3 Å². The summed E-state index contributed by atoms with van der Waals surface area (Å²) in [4.78, 5) is 46.6. The van der Waals surface area contributed by atoms with Crippen molar-refractivity contribution in [3.8, 4) is 0 Å². The summed E-state index contributed by atoms with van der Waals surface area (Å²) in [5, 5.41) is 5.93. The van der Waals surface area contributed by atoms with Gasteiger partial charge in [0.2, 0.25) is 0 Å². The molecule has 5 rings (SSSR count). The zero-order valence-corrected chi connectivity index (χ0v) is 22.5. The molecule has 4 heterocycles. The molecule has 1 aromatic carbocycles. The molecule has 13 heteroatoms. The van der Waals surface area contributed by atoms with Gasteiger partial charge in [-0.25, -0.2) is 29.4 Å². The average molecular weight is 543 g/mol. The Hall–Kier alpha value is -3.51. The normalized spacial score (nSPS) is 15.3. The molecule has 0 aliphatic carbocycles. The third kappa shape index (κ3) is 5.03. The van der Waals surface area contributed by atoms with Crippen LogP contribution >= 0.6 is 22.9 Å². The Kier molecular flexibility index (Phi) is 6.63. The summed E-state index contributed by atoms with van der Waals surface area (Å²) >= 11 is 7.86. The van der Waals surface area contributed by atoms with E-state index in [0.29, 0.717) is 59.3 Å². The number of piperazine rings is 1. The van der Waals surface area contributed by atoms with Gasteiger partial charge in [-0.2, -0.15) is 0 Å². The fourth-order valence-corrected chi connectivity index (χ4v) is 5.10. The van der Waals surface area contributed by atoms with Gasteiger partial charge in [-0.1, -0.05) is 17.7 Å². The van der Waals surface area contributed by atoms with E-state index in [4.69, 9.17) is 21.3 Å². The smallest absolute Gasteiger partial charge is 0.410 e. The van der Waals surface area contributed by atoms with Gasteiger partial charge in [-0.3, -0.25) is 4.79 Å². The first-order valence-electron chi connectivity index (χ1n) is 11.9. The Morgan fingerprint density at radius 3 is 2.65 bits per heavy atom. The van der Waals surface area contributed by atoms with Crippen molar-refractivity contribution in [2.24, 2.45) is 0 Å². The predicted octanol–water partition coefficient (Wildman–Crippen LogP) is 3.81. The number of fused-ring (bicyclic) bond motifs is 2. The van der Waals surface area contributed by atoms with Gasteiger partial charge in [0.15, 0.2) is 11.6 Å². The highest BCUT2D eigenvalue weighted by atomic mass is 35.5. The standard InChI is InChI=1S/C24H27ClN8O3S/c1-14(29-19-18-21(27-12-26-19)37-13-28-18)20-30-16-7-5-6-15(25)17(16)22(34)33(20)32-10-8-31(9-11-32)23(35)36-24(2,3)4/h5-7,12-14H,8-11H2,1-4H3,(H,26,27,29). The van der Waals surface area contributed by atoms with Crippen LogP contribution in [0, 0.1) is 0 Å². The Labute approximate surface area is 222 Å². The van der Waals surface area contributed by atoms with Crippen LogP contribution in [-0.4, -0.2) is 67.4 Å².